The number of rotatable bonds is 7. The number of carboxylic acids is 1. The van der Waals surface area contributed by atoms with Gasteiger partial charge in [-0.1, -0.05) is 24.3 Å². The van der Waals surface area contributed by atoms with Crippen LogP contribution >= 0.6 is 0 Å². The Kier molecular flexibility index (Phi) is 7.14. The second kappa shape index (κ2) is 9.05. The molecule has 0 aromatic heterocycles. The molecule has 0 amide bonds. The highest BCUT2D eigenvalue weighted by molar-refractivity contribution is 5.76. The van der Waals surface area contributed by atoms with Crippen LogP contribution in [-0.2, 0) is 23.6 Å². The van der Waals surface area contributed by atoms with E-state index in [1.165, 1.54) is 12.1 Å². The number of carbonyl (C=O) groups is 1. The van der Waals surface area contributed by atoms with E-state index < -0.39 is 47.5 Å². The number of hydrogen-bond acceptors (Lipinski definition) is 3. The minimum absolute atomic E-state index is 0.0152. The Morgan fingerprint density at radius 2 is 1.30 bits per heavy atom. The monoisotopic (exact) mass is 435 g/mol. The van der Waals surface area contributed by atoms with E-state index in [2.05, 4.69) is 0 Å². The summed E-state index contributed by atoms with van der Waals surface area (Å²) < 4.78 is 75.8. The fraction of sp³-hybridized carbons (Fsp3) is 0.350. The fourth-order valence-corrected chi connectivity index (χ4v) is 2.94. The summed E-state index contributed by atoms with van der Waals surface area (Å²) in [5, 5.41) is 19.7. The summed E-state index contributed by atoms with van der Waals surface area (Å²) in [6.45, 7) is 0. The zero-order valence-corrected chi connectivity index (χ0v) is 15.4. The lowest BCUT2D eigenvalue weighted by Crippen LogP contribution is -2.38. The van der Waals surface area contributed by atoms with Crippen molar-refractivity contribution in [2.75, 3.05) is 0 Å². The van der Waals surface area contributed by atoms with Gasteiger partial charge in [0.05, 0.1) is 23.1 Å². The second-order valence-electron chi connectivity index (χ2n) is 6.88. The van der Waals surface area contributed by atoms with Gasteiger partial charge in [0.2, 0.25) is 0 Å². The van der Waals surface area contributed by atoms with Crippen molar-refractivity contribution >= 4 is 5.97 Å². The molecule has 0 saturated heterocycles. The predicted octanol–water partition coefficient (Wildman–Crippen LogP) is 4.21. The first-order chi connectivity index (χ1) is 13.8. The molecule has 0 fully saturated rings. The standard InChI is InChI=1S/C20H19F6NO3/c21-19(22,23)13-5-1-11(2-6-13)9-16(27)17(28)10-15(18(29)30)12-3-7-14(8-4-12)20(24,25)26/h1-8,15-17,28H,9-10,27H2,(H,29,30). The van der Waals surface area contributed by atoms with Crippen LogP contribution in [0.5, 0.6) is 0 Å². The Labute approximate surface area is 167 Å². The van der Waals surface area contributed by atoms with Crippen molar-refractivity contribution in [2.24, 2.45) is 5.73 Å². The summed E-state index contributed by atoms with van der Waals surface area (Å²) >= 11 is 0. The summed E-state index contributed by atoms with van der Waals surface area (Å²) in [7, 11) is 0. The predicted molar refractivity (Wildman–Crippen MR) is 95.6 cm³/mol. The van der Waals surface area contributed by atoms with Crippen molar-refractivity contribution in [3.8, 4) is 0 Å². The molecule has 4 N–H and O–H groups in total. The van der Waals surface area contributed by atoms with Crippen molar-refractivity contribution in [1.82, 2.24) is 0 Å². The first-order valence-electron chi connectivity index (χ1n) is 8.78. The SMILES string of the molecule is NC(Cc1ccc(C(F)(F)F)cc1)C(O)CC(C(=O)O)c1ccc(C(F)(F)F)cc1. The van der Waals surface area contributed by atoms with Crippen LogP contribution in [0.15, 0.2) is 48.5 Å². The van der Waals surface area contributed by atoms with E-state index in [4.69, 9.17) is 5.73 Å². The Morgan fingerprint density at radius 1 is 0.867 bits per heavy atom. The maximum absolute atomic E-state index is 12.7. The lowest BCUT2D eigenvalue weighted by atomic mass is 9.88. The molecular weight excluding hydrogens is 416 g/mol. The molecule has 30 heavy (non-hydrogen) atoms. The highest BCUT2D eigenvalue weighted by Gasteiger charge is 2.32. The minimum atomic E-state index is -4.57. The highest BCUT2D eigenvalue weighted by Crippen LogP contribution is 2.32. The van der Waals surface area contributed by atoms with Crippen LogP contribution in [0.4, 0.5) is 26.3 Å². The molecule has 0 saturated carbocycles. The van der Waals surface area contributed by atoms with Crippen LogP contribution in [0.2, 0.25) is 0 Å². The highest BCUT2D eigenvalue weighted by atomic mass is 19.4. The summed E-state index contributed by atoms with van der Waals surface area (Å²) in [4.78, 5) is 11.5. The molecule has 0 aliphatic heterocycles. The van der Waals surface area contributed by atoms with E-state index in [0.717, 1.165) is 36.4 Å². The van der Waals surface area contributed by atoms with Crippen molar-refractivity contribution in [3.63, 3.8) is 0 Å². The average Bonchev–Trinajstić information content (AvgIpc) is 2.64. The molecule has 2 rings (SSSR count). The molecule has 3 unspecified atom stereocenters. The summed E-state index contributed by atoms with van der Waals surface area (Å²) in [6.07, 6.45) is -10.8. The van der Waals surface area contributed by atoms with Crippen LogP contribution in [-0.4, -0.2) is 28.3 Å². The molecule has 0 heterocycles. The van der Waals surface area contributed by atoms with Gasteiger partial charge in [0, 0.05) is 6.04 Å². The molecular formula is C20H19F6NO3. The zero-order valence-electron chi connectivity index (χ0n) is 15.4. The number of nitrogens with two attached hydrogens (primary N) is 1. The molecule has 10 heteroatoms. The third-order valence-electron chi connectivity index (χ3n) is 4.66. The van der Waals surface area contributed by atoms with Gasteiger partial charge in [-0.15, -0.1) is 0 Å². The summed E-state index contributed by atoms with van der Waals surface area (Å²) in [6, 6.07) is 6.72. The maximum Gasteiger partial charge on any atom is 0.416 e. The number of alkyl halides is 6. The van der Waals surface area contributed by atoms with Gasteiger partial charge in [0.1, 0.15) is 0 Å². The first-order valence-corrected chi connectivity index (χ1v) is 8.78. The molecule has 0 bridgehead atoms. The van der Waals surface area contributed by atoms with Crippen molar-refractivity contribution in [3.05, 3.63) is 70.8 Å². The van der Waals surface area contributed by atoms with E-state index in [1.54, 1.807) is 0 Å². The topological polar surface area (TPSA) is 83.5 Å². The molecule has 0 aliphatic rings. The number of benzene rings is 2. The quantitative estimate of drug-likeness (QED) is 0.569. The number of carboxylic acid groups (broad SMARTS) is 1. The third kappa shape index (κ3) is 6.20. The average molecular weight is 435 g/mol. The van der Waals surface area contributed by atoms with E-state index >= 15 is 0 Å². The smallest absolute Gasteiger partial charge is 0.416 e. The van der Waals surface area contributed by atoms with Crippen LogP contribution in [0, 0.1) is 0 Å². The summed E-state index contributed by atoms with van der Waals surface area (Å²) in [5.74, 6) is -2.66. The molecule has 4 nitrogen and oxygen atoms in total. The van der Waals surface area contributed by atoms with E-state index in [9.17, 15) is 41.4 Å². The lowest BCUT2D eigenvalue weighted by molar-refractivity contribution is -0.140. The lowest BCUT2D eigenvalue weighted by Gasteiger charge is -2.23. The van der Waals surface area contributed by atoms with Crippen LogP contribution in [0.25, 0.3) is 0 Å². The minimum Gasteiger partial charge on any atom is -0.481 e. The molecule has 164 valence electrons. The van der Waals surface area contributed by atoms with E-state index in [0.29, 0.717) is 5.56 Å². The maximum atomic E-state index is 12.7. The first kappa shape index (κ1) is 23.7. The Hall–Kier alpha value is -2.59. The van der Waals surface area contributed by atoms with Gasteiger partial charge < -0.3 is 15.9 Å². The third-order valence-corrected chi connectivity index (χ3v) is 4.66. The number of hydrogen-bond donors (Lipinski definition) is 3. The molecule has 0 radical (unpaired) electrons. The fourth-order valence-electron chi connectivity index (χ4n) is 2.94. The van der Waals surface area contributed by atoms with E-state index in [1.807, 2.05) is 0 Å². The van der Waals surface area contributed by atoms with Gasteiger partial charge in [-0.05, 0) is 48.2 Å². The van der Waals surface area contributed by atoms with Gasteiger partial charge in [0.15, 0.2) is 0 Å². The van der Waals surface area contributed by atoms with Crippen LogP contribution < -0.4 is 5.73 Å². The van der Waals surface area contributed by atoms with Crippen LogP contribution in [0.3, 0.4) is 0 Å². The number of aliphatic hydroxyl groups excluding tert-OH is 1. The second-order valence-corrected chi connectivity index (χ2v) is 6.88. The Balaban J connectivity index is 2.07. The molecule has 2 aromatic carbocycles. The number of aliphatic hydroxyl groups is 1. The Bertz CT molecular complexity index is 847. The van der Waals surface area contributed by atoms with Crippen LogP contribution in [0.1, 0.15) is 34.6 Å². The molecule has 0 spiro atoms. The van der Waals surface area contributed by atoms with Gasteiger partial charge in [-0.2, -0.15) is 26.3 Å². The van der Waals surface area contributed by atoms with Crippen molar-refractivity contribution in [1.29, 1.82) is 0 Å². The molecule has 2 aromatic rings. The zero-order chi connectivity index (χ0) is 22.7. The number of halogens is 6. The largest absolute Gasteiger partial charge is 0.481 e. The molecule has 3 atom stereocenters. The van der Waals surface area contributed by atoms with Gasteiger partial charge in [-0.25, -0.2) is 0 Å². The van der Waals surface area contributed by atoms with Crippen molar-refractivity contribution < 1.29 is 41.4 Å². The molecule has 0 aliphatic carbocycles. The van der Waals surface area contributed by atoms with Crippen molar-refractivity contribution in [2.45, 2.75) is 43.3 Å². The van der Waals surface area contributed by atoms with Gasteiger partial charge >= 0.3 is 18.3 Å². The normalized spacial score (nSPS) is 15.5. The Morgan fingerprint density at radius 3 is 1.70 bits per heavy atom. The summed E-state index contributed by atoms with van der Waals surface area (Å²) in [5.41, 5.74) is 4.57. The van der Waals surface area contributed by atoms with Gasteiger partial charge in [-0.3, -0.25) is 4.79 Å². The van der Waals surface area contributed by atoms with Gasteiger partial charge in [0.25, 0.3) is 0 Å². The van der Waals surface area contributed by atoms with E-state index in [-0.39, 0.29) is 18.4 Å². The number of aliphatic carboxylic acids is 1.